The number of carbonyl (C=O) groups excluding carboxylic acids is 4. The summed E-state index contributed by atoms with van der Waals surface area (Å²) in [5.74, 6) is -2.33. The molecule has 5 rings (SSSR count). The van der Waals surface area contributed by atoms with Crippen LogP contribution in [-0.4, -0.2) is 28.9 Å². The molecular weight excluding hydrogens is 668 g/mol. The van der Waals surface area contributed by atoms with Gasteiger partial charge in [-0.1, -0.05) is 42.5 Å². The Balaban J connectivity index is 1.33. The van der Waals surface area contributed by atoms with Gasteiger partial charge in [0.05, 0.1) is 10.9 Å². The third-order valence-corrected chi connectivity index (χ3v) is 8.19. The zero-order chi connectivity index (χ0) is 29.6. The van der Waals surface area contributed by atoms with Gasteiger partial charge < -0.3 is 10.6 Å². The maximum absolute atomic E-state index is 14.4. The molecule has 1 aliphatic rings. The molecule has 2 N–H and O–H groups in total. The first-order chi connectivity index (χ1) is 20.3. The van der Waals surface area contributed by atoms with E-state index in [0.717, 1.165) is 3.57 Å². The molecule has 0 aromatic heterocycles. The summed E-state index contributed by atoms with van der Waals surface area (Å²) in [4.78, 5) is 53.9. The van der Waals surface area contributed by atoms with Crippen molar-refractivity contribution in [1.29, 1.82) is 0 Å². The Kier molecular flexibility index (Phi) is 9.13. The third-order valence-electron chi connectivity index (χ3n) is 6.29. The molecule has 4 amide bonds. The minimum atomic E-state index is -0.665. The van der Waals surface area contributed by atoms with Crippen LogP contribution in [0.15, 0.2) is 114 Å². The number of anilines is 2. The van der Waals surface area contributed by atoms with Crippen LogP contribution in [0.4, 0.5) is 15.8 Å². The van der Waals surface area contributed by atoms with E-state index in [-0.39, 0.29) is 29.5 Å². The number of nitrogens with zero attached hydrogens (tertiary/aromatic N) is 1. The van der Waals surface area contributed by atoms with Gasteiger partial charge in [0.2, 0.25) is 11.8 Å². The lowest BCUT2D eigenvalue weighted by molar-refractivity contribution is -0.121. The first kappa shape index (κ1) is 29.2. The molecule has 4 aromatic carbocycles. The fourth-order valence-electron chi connectivity index (χ4n) is 4.26. The minimum absolute atomic E-state index is 0.0487. The average Bonchev–Trinajstić information content (AvgIpc) is 3.26. The molecule has 4 aromatic rings. The van der Waals surface area contributed by atoms with Crippen molar-refractivity contribution in [2.45, 2.75) is 16.6 Å². The SMILES string of the molecule is O=C(Nc1cccc(S[C@H]2CC(=O)N(c3ccc(I)cc3)C2=O)c1)/C(=C/c1ccccc1F)NC(=O)c1ccccc1. The smallest absolute Gasteiger partial charge is 0.272 e. The van der Waals surface area contributed by atoms with Crippen LogP contribution in [0.25, 0.3) is 6.08 Å². The lowest BCUT2D eigenvalue weighted by Crippen LogP contribution is -2.31. The van der Waals surface area contributed by atoms with Crippen LogP contribution >= 0.6 is 34.4 Å². The molecule has 0 bridgehead atoms. The van der Waals surface area contributed by atoms with Gasteiger partial charge in [0, 0.05) is 31.7 Å². The molecule has 0 saturated carbocycles. The second kappa shape index (κ2) is 13.1. The quantitative estimate of drug-likeness (QED) is 0.129. The molecule has 10 heteroatoms. The van der Waals surface area contributed by atoms with Gasteiger partial charge in [0.1, 0.15) is 11.5 Å². The number of nitrogens with one attached hydrogen (secondary N) is 2. The Bertz CT molecular complexity index is 1700. The number of amides is 4. The second-order valence-corrected chi connectivity index (χ2v) is 11.8. The normalized spacial score (nSPS) is 15.0. The number of hydrogen-bond acceptors (Lipinski definition) is 5. The monoisotopic (exact) mass is 691 g/mol. The van der Waals surface area contributed by atoms with Crippen LogP contribution in [0, 0.1) is 9.39 Å². The van der Waals surface area contributed by atoms with Gasteiger partial charge in [-0.2, -0.15) is 0 Å². The lowest BCUT2D eigenvalue weighted by Gasteiger charge is -2.15. The molecule has 1 heterocycles. The number of carbonyl (C=O) groups is 4. The summed E-state index contributed by atoms with van der Waals surface area (Å²) in [6.45, 7) is 0. The summed E-state index contributed by atoms with van der Waals surface area (Å²) in [6.07, 6.45) is 1.32. The summed E-state index contributed by atoms with van der Waals surface area (Å²) in [5.41, 5.74) is 1.23. The largest absolute Gasteiger partial charge is 0.321 e. The molecule has 1 fully saturated rings. The van der Waals surface area contributed by atoms with Crippen LogP contribution in [0.2, 0.25) is 0 Å². The Morgan fingerprint density at radius 3 is 2.36 bits per heavy atom. The highest BCUT2D eigenvalue weighted by atomic mass is 127. The molecule has 42 heavy (non-hydrogen) atoms. The fourth-order valence-corrected chi connectivity index (χ4v) is 5.73. The summed E-state index contributed by atoms with van der Waals surface area (Å²) in [7, 11) is 0. The van der Waals surface area contributed by atoms with Crippen molar-refractivity contribution in [1.82, 2.24) is 5.32 Å². The summed E-state index contributed by atoms with van der Waals surface area (Å²) >= 11 is 3.38. The molecule has 210 valence electrons. The Morgan fingerprint density at radius 2 is 1.62 bits per heavy atom. The Morgan fingerprint density at radius 1 is 0.905 bits per heavy atom. The van der Waals surface area contributed by atoms with E-state index in [1.54, 1.807) is 72.8 Å². The van der Waals surface area contributed by atoms with Gasteiger partial charge in [-0.15, -0.1) is 11.8 Å². The maximum Gasteiger partial charge on any atom is 0.272 e. The van der Waals surface area contributed by atoms with Crippen molar-refractivity contribution in [2.24, 2.45) is 0 Å². The minimum Gasteiger partial charge on any atom is -0.321 e. The molecular formula is C32H23FIN3O4S. The van der Waals surface area contributed by atoms with Gasteiger partial charge in [0.15, 0.2) is 0 Å². The summed E-state index contributed by atoms with van der Waals surface area (Å²) < 4.78 is 15.4. The van der Waals surface area contributed by atoms with Gasteiger partial charge >= 0.3 is 0 Å². The number of benzene rings is 4. The predicted octanol–water partition coefficient (Wildman–Crippen LogP) is 6.26. The molecule has 1 atom stereocenters. The van der Waals surface area contributed by atoms with E-state index >= 15 is 0 Å². The number of halogens is 2. The van der Waals surface area contributed by atoms with E-state index < -0.39 is 22.9 Å². The Labute approximate surface area is 259 Å². The number of hydrogen-bond donors (Lipinski definition) is 2. The Hall–Kier alpha value is -4.29. The highest BCUT2D eigenvalue weighted by molar-refractivity contribution is 14.1. The molecule has 0 unspecified atom stereocenters. The van der Waals surface area contributed by atoms with Crippen LogP contribution in [0.5, 0.6) is 0 Å². The molecule has 7 nitrogen and oxygen atoms in total. The highest BCUT2D eigenvalue weighted by Gasteiger charge is 2.40. The average molecular weight is 692 g/mol. The topological polar surface area (TPSA) is 95.6 Å². The molecule has 1 aliphatic heterocycles. The van der Waals surface area contributed by atoms with Gasteiger partial charge in [-0.05, 0) is 89.3 Å². The van der Waals surface area contributed by atoms with Crippen LogP contribution in [-0.2, 0) is 14.4 Å². The summed E-state index contributed by atoms with van der Waals surface area (Å²) in [6, 6.07) is 28.2. The van der Waals surface area contributed by atoms with E-state index in [9.17, 15) is 23.6 Å². The predicted molar refractivity (Wildman–Crippen MR) is 169 cm³/mol. The number of thioether (sulfide) groups is 1. The second-order valence-electron chi connectivity index (χ2n) is 9.24. The number of rotatable bonds is 8. The van der Waals surface area contributed by atoms with Gasteiger partial charge in [0.25, 0.3) is 11.8 Å². The van der Waals surface area contributed by atoms with E-state index in [2.05, 4.69) is 33.2 Å². The van der Waals surface area contributed by atoms with E-state index in [1.807, 2.05) is 12.1 Å². The van der Waals surface area contributed by atoms with Crippen molar-refractivity contribution >= 4 is 75.4 Å². The molecule has 0 spiro atoms. The third kappa shape index (κ3) is 6.94. The van der Waals surface area contributed by atoms with Gasteiger partial charge in [-0.25, -0.2) is 9.29 Å². The molecule has 1 saturated heterocycles. The zero-order valence-corrected chi connectivity index (χ0v) is 24.9. The molecule has 0 radical (unpaired) electrons. The maximum atomic E-state index is 14.4. The van der Waals surface area contributed by atoms with Crippen LogP contribution in [0.1, 0.15) is 22.3 Å². The van der Waals surface area contributed by atoms with Crippen molar-refractivity contribution < 1.29 is 23.6 Å². The van der Waals surface area contributed by atoms with Crippen LogP contribution in [0.3, 0.4) is 0 Å². The van der Waals surface area contributed by atoms with E-state index in [1.165, 1.54) is 40.9 Å². The fraction of sp³-hybridized carbons (Fsp3) is 0.0625. The van der Waals surface area contributed by atoms with E-state index in [0.29, 0.717) is 21.8 Å². The lowest BCUT2D eigenvalue weighted by atomic mass is 10.1. The van der Waals surface area contributed by atoms with E-state index in [4.69, 9.17) is 0 Å². The zero-order valence-electron chi connectivity index (χ0n) is 21.9. The highest BCUT2D eigenvalue weighted by Crippen LogP contribution is 2.35. The van der Waals surface area contributed by atoms with Crippen molar-refractivity contribution in [3.05, 3.63) is 129 Å². The van der Waals surface area contributed by atoms with Crippen molar-refractivity contribution in [3.8, 4) is 0 Å². The van der Waals surface area contributed by atoms with Crippen molar-refractivity contribution in [2.75, 3.05) is 10.2 Å². The number of imide groups is 1. The standard InChI is InChI=1S/C32H23FIN3O4S/c33-26-12-5-4-9-21(26)17-27(36-30(39)20-7-2-1-3-8-20)31(40)35-23-10-6-11-25(18-23)42-28-19-29(38)37(32(28)41)24-15-13-22(34)14-16-24/h1-18,28H,19H2,(H,35,40)(H,36,39)/b27-17-/t28-/m0/s1. The molecule has 0 aliphatic carbocycles. The van der Waals surface area contributed by atoms with Gasteiger partial charge in [-0.3, -0.25) is 19.2 Å². The van der Waals surface area contributed by atoms with Crippen LogP contribution < -0.4 is 15.5 Å². The first-order valence-corrected chi connectivity index (χ1v) is 14.8. The summed E-state index contributed by atoms with van der Waals surface area (Å²) in [5, 5.41) is 4.71. The first-order valence-electron chi connectivity index (χ1n) is 12.8. The van der Waals surface area contributed by atoms with Crippen molar-refractivity contribution in [3.63, 3.8) is 0 Å².